The Morgan fingerprint density at radius 1 is 1.50 bits per heavy atom. The molecule has 1 rings (SSSR count). The molecule has 0 atom stereocenters. The molecule has 1 heterocycles. The molecule has 0 aliphatic heterocycles. The van der Waals surface area contributed by atoms with Crippen LogP contribution >= 0.6 is 0 Å². The molecule has 3 nitrogen and oxygen atoms in total. The average Bonchev–Trinajstić information content (AvgIpc) is 2.14. The molecule has 0 fully saturated rings. The van der Waals surface area contributed by atoms with E-state index in [-0.39, 0.29) is 0 Å². The molecule has 76 valence electrons. The lowest BCUT2D eigenvalue weighted by Gasteiger charge is -2.13. The minimum atomic E-state index is -1.83. The quantitative estimate of drug-likeness (QED) is 0.794. The van der Waals surface area contributed by atoms with Crippen molar-refractivity contribution in [2.24, 2.45) is 0 Å². The molecule has 0 saturated heterocycles. The van der Waals surface area contributed by atoms with Gasteiger partial charge in [0.1, 0.15) is 0 Å². The standard InChI is InChI=1S/C10H13FN2O/c1-10(2,11)9(14)13-7-8-3-5-12-6-4-8/h3-6H,7H2,1-2H3,(H,13,14). The van der Waals surface area contributed by atoms with Gasteiger partial charge in [0.15, 0.2) is 5.67 Å². The summed E-state index contributed by atoms with van der Waals surface area (Å²) in [5.74, 6) is -0.602. The molecule has 1 N–H and O–H groups in total. The maximum Gasteiger partial charge on any atom is 0.257 e. The first-order valence-corrected chi connectivity index (χ1v) is 4.36. The number of hydrogen-bond acceptors (Lipinski definition) is 2. The monoisotopic (exact) mass is 196 g/mol. The van der Waals surface area contributed by atoms with Gasteiger partial charge in [-0.25, -0.2) is 4.39 Å². The highest BCUT2D eigenvalue weighted by molar-refractivity contribution is 5.83. The summed E-state index contributed by atoms with van der Waals surface area (Å²) in [6.45, 7) is 2.79. The van der Waals surface area contributed by atoms with E-state index in [0.717, 1.165) is 5.56 Å². The van der Waals surface area contributed by atoms with Crippen LogP contribution in [0.5, 0.6) is 0 Å². The zero-order valence-electron chi connectivity index (χ0n) is 8.25. The molecule has 0 aromatic carbocycles. The topological polar surface area (TPSA) is 42.0 Å². The summed E-state index contributed by atoms with van der Waals surface area (Å²) < 4.78 is 13.1. The van der Waals surface area contributed by atoms with Gasteiger partial charge in [-0.2, -0.15) is 0 Å². The Morgan fingerprint density at radius 2 is 2.07 bits per heavy atom. The van der Waals surface area contributed by atoms with Gasteiger partial charge in [-0.05, 0) is 31.5 Å². The normalized spacial score (nSPS) is 11.1. The Labute approximate surface area is 82.4 Å². The molecule has 0 bridgehead atoms. The molecular weight excluding hydrogens is 183 g/mol. The predicted molar refractivity (Wildman–Crippen MR) is 51.3 cm³/mol. The minimum absolute atomic E-state index is 0.328. The first-order chi connectivity index (χ1) is 6.50. The number of nitrogens with one attached hydrogen (secondary N) is 1. The van der Waals surface area contributed by atoms with Gasteiger partial charge in [0.2, 0.25) is 0 Å². The molecule has 1 aromatic heterocycles. The van der Waals surface area contributed by atoms with E-state index < -0.39 is 11.6 Å². The Bertz CT molecular complexity index is 306. The average molecular weight is 196 g/mol. The van der Waals surface area contributed by atoms with Crippen molar-refractivity contribution in [3.63, 3.8) is 0 Å². The van der Waals surface area contributed by atoms with Crippen LogP contribution in [0, 0.1) is 0 Å². The van der Waals surface area contributed by atoms with Crippen LogP contribution in [0.15, 0.2) is 24.5 Å². The van der Waals surface area contributed by atoms with Crippen molar-refractivity contribution < 1.29 is 9.18 Å². The fourth-order valence-corrected chi connectivity index (χ4v) is 0.893. The zero-order chi connectivity index (χ0) is 10.6. The number of carbonyl (C=O) groups is 1. The maximum atomic E-state index is 13.1. The highest BCUT2D eigenvalue weighted by Gasteiger charge is 2.25. The van der Waals surface area contributed by atoms with E-state index in [4.69, 9.17) is 0 Å². The lowest BCUT2D eigenvalue weighted by atomic mass is 10.1. The van der Waals surface area contributed by atoms with Gasteiger partial charge >= 0.3 is 0 Å². The van der Waals surface area contributed by atoms with E-state index in [9.17, 15) is 9.18 Å². The largest absolute Gasteiger partial charge is 0.349 e. The third-order valence-electron chi connectivity index (χ3n) is 1.74. The third kappa shape index (κ3) is 3.12. The molecular formula is C10H13FN2O. The van der Waals surface area contributed by atoms with Crippen LogP contribution in [0.2, 0.25) is 0 Å². The number of halogens is 1. The molecule has 0 aliphatic rings. The number of carbonyl (C=O) groups excluding carboxylic acids is 1. The smallest absolute Gasteiger partial charge is 0.257 e. The summed E-state index contributed by atoms with van der Waals surface area (Å²) in [5, 5.41) is 2.50. The highest BCUT2D eigenvalue weighted by atomic mass is 19.1. The Morgan fingerprint density at radius 3 is 2.57 bits per heavy atom. The van der Waals surface area contributed by atoms with Crippen molar-refractivity contribution in [2.45, 2.75) is 26.1 Å². The summed E-state index contributed by atoms with van der Waals surface area (Å²) in [6.07, 6.45) is 3.25. The van der Waals surface area contributed by atoms with Crippen LogP contribution in [-0.4, -0.2) is 16.6 Å². The first-order valence-electron chi connectivity index (χ1n) is 4.36. The van der Waals surface area contributed by atoms with Gasteiger partial charge < -0.3 is 5.32 Å². The van der Waals surface area contributed by atoms with Gasteiger partial charge in [0.05, 0.1) is 0 Å². The van der Waals surface area contributed by atoms with E-state index in [2.05, 4.69) is 10.3 Å². The molecule has 0 spiro atoms. The van der Waals surface area contributed by atoms with Gasteiger partial charge in [0.25, 0.3) is 5.91 Å². The van der Waals surface area contributed by atoms with Crippen LogP contribution in [0.1, 0.15) is 19.4 Å². The Kier molecular flexibility index (Phi) is 3.17. The van der Waals surface area contributed by atoms with Crippen LogP contribution in [0.4, 0.5) is 4.39 Å². The van der Waals surface area contributed by atoms with E-state index in [1.54, 1.807) is 24.5 Å². The van der Waals surface area contributed by atoms with Gasteiger partial charge in [0, 0.05) is 18.9 Å². The van der Waals surface area contributed by atoms with Crippen molar-refractivity contribution >= 4 is 5.91 Å². The molecule has 0 radical (unpaired) electrons. The zero-order valence-corrected chi connectivity index (χ0v) is 8.25. The number of hydrogen-bond donors (Lipinski definition) is 1. The fraction of sp³-hybridized carbons (Fsp3) is 0.400. The van der Waals surface area contributed by atoms with E-state index in [0.29, 0.717) is 6.54 Å². The summed E-state index contributed by atoms with van der Waals surface area (Å²) in [7, 11) is 0. The number of pyridine rings is 1. The molecule has 0 unspecified atom stereocenters. The second-order valence-corrected chi connectivity index (χ2v) is 3.51. The molecule has 0 aliphatic carbocycles. The van der Waals surface area contributed by atoms with Crippen LogP contribution in [0.25, 0.3) is 0 Å². The minimum Gasteiger partial charge on any atom is -0.349 e. The van der Waals surface area contributed by atoms with E-state index >= 15 is 0 Å². The lowest BCUT2D eigenvalue weighted by molar-refractivity contribution is -0.130. The van der Waals surface area contributed by atoms with Crippen molar-refractivity contribution in [2.75, 3.05) is 0 Å². The fourth-order valence-electron chi connectivity index (χ4n) is 0.893. The number of rotatable bonds is 3. The first kappa shape index (κ1) is 10.6. The Balaban J connectivity index is 2.46. The SMILES string of the molecule is CC(C)(F)C(=O)NCc1ccncc1. The highest BCUT2D eigenvalue weighted by Crippen LogP contribution is 2.08. The number of nitrogens with zero attached hydrogens (tertiary/aromatic N) is 1. The summed E-state index contributed by atoms with van der Waals surface area (Å²) in [5.41, 5.74) is -0.926. The summed E-state index contributed by atoms with van der Waals surface area (Å²) >= 11 is 0. The van der Waals surface area contributed by atoms with Crippen LogP contribution in [0.3, 0.4) is 0 Å². The summed E-state index contributed by atoms with van der Waals surface area (Å²) in [4.78, 5) is 15.0. The van der Waals surface area contributed by atoms with Crippen molar-refractivity contribution in [3.8, 4) is 0 Å². The molecule has 14 heavy (non-hydrogen) atoms. The lowest BCUT2D eigenvalue weighted by Crippen LogP contribution is -2.38. The van der Waals surface area contributed by atoms with Crippen LogP contribution in [-0.2, 0) is 11.3 Å². The number of alkyl halides is 1. The van der Waals surface area contributed by atoms with E-state index in [1.807, 2.05) is 0 Å². The van der Waals surface area contributed by atoms with Crippen LogP contribution < -0.4 is 5.32 Å². The predicted octanol–water partition coefficient (Wildman–Crippen LogP) is 1.45. The van der Waals surface area contributed by atoms with Crippen molar-refractivity contribution in [1.29, 1.82) is 0 Å². The van der Waals surface area contributed by atoms with Gasteiger partial charge in [-0.15, -0.1) is 0 Å². The molecule has 4 heteroatoms. The van der Waals surface area contributed by atoms with Gasteiger partial charge in [-0.3, -0.25) is 9.78 Å². The maximum absolute atomic E-state index is 13.1. The van der Waals surface area contributed by atoms with Crippen molar-refractivity contribution in [3.05, 3.63) is 30.1 Å². The molecule has 1 amide bonds. The molecule has 1 aromatic rings. The molecule has 0 saturated carbocycles. The van der Waals surface area contributed by atoms with Gasteiger partial charge in [-0.1, -0.05) is 0 Å². The van der Waals surface area contributed by atoms with Crippen molar-refractivity contribution in [1.82, 2.24) is 10.3 Å². The third-order valence-corrected chi connectivity index (χ3v) is 1.74. The number of aromatic nitrogens is 1. The Hall–Kier alpha value is -1.45. The number of amides is 1. The second kappa shape index (κ2) is 4.17. The van der Waals surface area contributed by atoms with E-state index in [1.165, 1.54) is 13.8 Å². The summed E-state index contributed by atoms with van der Waals surface area (Å²) in [6, 6.07) is 3.54. The second-order valence-electron chi connectivity index (χ2n) is 3.51.